The number of hydrogen-bond donors (Lipinski definition) is 1. The van der Waals surface area contributed by atoms with Gasteiger partial charge in [0.1, 0.15) is 5.69 Å². The molecule has 7 heteroatoms. The lowest BCUT2D eigenvalue weighted by molar-refractivity contribution is 0.101. The molecular formula is C14H12BrCl2FN2O. The molecule has 0 unspecified atom stereocenters. The number of amides is 1. The Balaban J connectivity index is 2.30. The first kappa shape index (κ1) is 16.3. The average Bonchev–Trinajstić information content (AvgIpc) is 2.78. The second-order valence-electron chi connectivity index (χ2n) is 4.75. The Morgan fingerprint density at radius 2 is 1.86 bits per heavy atom. The number of anilines is 1. The van der Waals surface area contributed by atoms with Crippen LogP contribution in [-0.4, -0.2) is 10.5 Å². The van der Waals surface area contributed by atoms with Gasteiger partial charge in [0, 0.05) is 22.4 Å². The predicted octanol–water partition coefficient (Wildman–Crippen LogP) is 5.53. The highest BCUT2D eigenvalue weighted by Crippen LogP contribution is 2.28. The van der Waals surface area contributed by atoms with Gasteiger partial charge in [0.25, 0.3) is 5.91 Å². The lowest BCUT2D eigenvalue weighted by atomic mass is 10.3. The van der Waals surface area contributed by atoms with Gasteiger partial charge in [0.15, 0.2) is 5.82 Å². The zero-order chi connectivity index (χ0) is 15.7. The van der Waals surface area contributed by atoms with Crippen LogP contribution < -0.4 is 5.32 Å². The smallest absolute Gasteiger partial charge is 0.272 e. The maximum atomic E-state index is 13.4. The molecule has 21 heavy (non-hydrogen) atoms. The minimum atomic E-state index is -0.704. The maximum Gasteiger partial charge on any atom is 0.272 e. The number of aromatic nitrogens is 1. The molecule has 0 radical (unpaired) electrons. The third-order valence-corrected chi connectivity index (χ3v) is 3.83. The van der Waals surface area contributed by atoms with E-state index in [1.807, 2.05) is 24.6 Å². The van der Waals surface area contributed by atoms with Crippen molar-refractivity contribution in [3.8, 4) is 0 Å². The molecular weight excluding hydrogens is 382 g/mol. The summed E-state index contributed by atoms with van der Waals surface area (Å²) in [4.78, 5) is 12.3. The number of rotatable bonds is 3. The number of halogens is 4. The van der Waals surface area contributed by atoms with E-state index in [2.05, 4.69) is 21.2 Å². The zero-order valence-electron chi connectivity index (χ0n) is 11.3. The number of nitrogens with zero attached hydrogens (tertiary/aromatic N) is 1. The molecule has 0 saturated heterocycles. The molecule has 0 aliphatic carbocycles. The number of hydrogen-bond acceptors (Lipinski definition) is 1. The van der Waals surface area contributed by atoms with E-state index < -0.39 is 5.82 Å². The van der Waals surface area contributed by atoms with Crippen molar-refractivity contribution in [2.45, 2.75) is 19.9 Å². The first-order valence-electron chi connectivity index (χ1n) is 6.13. The maximum absolute atomic E-state index is 13.4. The quantitative estimate of drug-likeness (QED) is 0.683. The molecule has 0 saturated carbocycles. The van der Waals surface area contributed by atoms with Crippen molar-refractivity contribution in [2.75, 3.05) is 5.32 Å². The molecule has 0 bridgehead atoms. The van der Waals surface area contributed by atoms with E-state index in [1.165, 1.54) is 12.1 Å². The molecule has 2 aromatic rings. The minimum absolute atomic E-state index is 0.123. The summed E-state index contributed by atoms with van der Waals surface area (Å²) in [5, 5.41) is 2.38. The van der Waals surface area contributed by atoms with Gasteiger partial charge in [-0.3, -0.25) is 4.79 Å². The normalized spacial score (nSPS) is 11.0. The largest absolute Gasteiger partial charge is 0.340 e. The van der Waals surface area contributed by atoms with Crippen molar-refractivity contribution >= 4 is 50.7 Å². The van der Waals surface area contributed by atoms with Gasteiger partial charge in [-0.05, 0) is 48.0 Å². The van der Waals surface area contributed by atoms with Gasteiger partial charge in [-0.1, -0.05) is 23.2 Å². The third kappa shape index (κ3) is 3.59. The van der Waals surface area contributed by atoms with Crippen molar-refractivity contribution in [1.29, 1.82) is 0 Å². The number of benzene rings is 1. The Morgan fingerprint density at radius 3 is 2.38 bits per heavy atom. The summed E-state index contributed by atoms with van der Waals surface area (Å²) >= 11 is 14.8. The van der Waals surface area contributed by atoms with E-state index >= 15 is 0 Å². The van der Waals surface area contributed by atoms with Crippen molar-refractivity contribution in [3.05, 3.63) is 50.4 Å². The first-order chi connectivity index (χ1) is 9.79. The van der Waals surface area contributed by atoms with Gasteiger partial charge in [-0.2, -0.15) is 0 Å². The Labute approximate surface area is 140 Å². The lowest BCUT2D eigenvalue weighted by Gasteiger charge is -2.13. The van der Waals surface area contributed by atoms with Crippen LogP contribution in [0.5, 0.6) is 0 Å². The van der Waals surface area contributed by atoms with Crippen LogP contribution in [0.2, 0.25) is 10.0 Å². The summed E-state index contributed by atoms with van der Waals surface area (Å²) in [6.07, 6.45) is 1.82. The average molecular weight is 394 g/mol. The van der Waals surface area contributed by atoms with E-state index in [9.17, 15) is 9.18 Å². The molecule has 0 aliphatic rings. The van der Waals surface area contributed by atoms with Crippen LogP contribution in [-0.2, 0) is 0 Å². The van der Waals surface area contributed by atoms with E-state index in [0.29, 0.717) is 11.4 Å². The van der Waals surface area contributed by atoms with Gasteiger partial charge in [-0.25, -0.2) is 4.39 Å². The second kappa shape index (κ2) is 6.38. The van der Waals surface area contributed by atoms with Gasteiger partial charge in [-0.15, -0.1) is 0 Å². The Kier molecular flexibility index (Phi) is 4.96. The van der Waals surface area contributed by atoms with Gasteiger partial charge < -0.3 is 9.88 Å². The molecule has 1 heterocycles. The highest BCUT2D eigenvalue weighted by molar-refractivity contribution is 9.10. The predicted molar refractivity (Wildman–Crippen MR) is 86.9 cm³/mol. The fourth-order valence-electron chi connectivity index (χ4n) is 1.88. The summed E-state index contributed by atoms with van der Waals surface area (Å²) in [6, 6.07) is 4.47. The van der Waals surface area contributed by atoms with E-state index in [-0.39, 0.29) is 22.0 Å². The summed E-state index contributed by atoms with van der Waals surface area (Å²) in [6.45, 7) is 3.93. The number of carbonyl (C=O) groups is 1. The summed E-state index contributed by atoms with van der Waals surface area (Å²) in [5.74, 6) is -1.03. The van der Waals surface area contributed by atoms with E-state index in [4.69, 9.17) is 23.2 Å². The Hall–Kier alpha value is -1.04. The van der Waals surface area contributed by atoms with Crippen LogP contribution in [0.15, 0.2) is 28.9 Å². The third-order valence-electron chi connectivity index (χ3n) is 2.85. The van der Waals surface area contributed by atoms with Crippen molar-refractivity contribution < 1.29 is 9.18 Å². The van der Waals surface area contributed by atoms with Crippen molar-refractivity contribution in [2.24, 2.45) is 0 Å². The molecule has 1 aromatic heterocycles. The lowest BCUT2D eigenvalue weighted by Crippen LogP contribution is -2.17. The first-order valence-corrected chi connectivity index (χ1v) is 7.67. The fourth-order valence-corrected chi connectivity index (χ4v) is 2.80. The topological polar surface area (TPSA) is 34.0 Å². The van der Waals surface area contributed by atoms with Crippen LogP contribution >= 0.6 is 39.1 Å². The van der Waals surface area contributed by atoms with Crippen LogP contribution in [0.1, 0.15) is 30.4 Å². The molecule has 3 nitrogen and oxygen atoms in total. The van der Waals surface area contributed by atoms with Crippen LogP contribution in [0.3, 0.4) is 0 Å². The van der Waals surface area contributed by atoms with Crippen LogP contribution in [0.25, 0.3) is 0 Å². The molecule has 0 spiro atoms. The highest BCUT2D eigenvalue weighted by Gasteiger charge is 2.16. The molecule has 2 rings (SSSR count). The van der Waals surface area contributed by atoms with Gasteiger partial charge in [0.05, 0.1) is 10.0 Å². The highest BCUT2D eigenvalue weighted by atomic mass is 79.9. The molecule has 112 valence electrons. The second-order valence-corrected chi connectivity index (χ2v) is 6.48. The fraction of sp³-hybridized carbons (Fsp3) is 0.214. The molecule has 1 N–H and O–H groups in total. The van der Waals surface area contributed by atoms with Gasteiger partial charge >= 0.3 is 0 Å². The van der Waals surface area contributed by atoms with Crippen LogP contribution in [0.4, 0.5) is 10.1 Å². The monoisotopic (exact) mass is 392 g/mol. The zero-order valence-corrected chi connectivity index (χ0v) is 14.4. The van der Waals surface area contributed by atoms with E-state index in [1.54, 1.807) is 6.07 Å². The summed E-state index contributed by atoms with van der Waals surface area (Å²) < 4.78 is 16.0. The molecule has 1 aromatic carbocycles. The molecule has 0 atom stereocenters. The summed E-state index contributed by atoms with van der Waals surface area (Å²) in [7, 11) is 0. The number of carbonyl (C=O) groups excluding carboxylic acids is 1. The van der Waals surface area contributed by atoms with Crippen molar-refractivity contribution in [3.63, 3.8) is 0 Å². The van der Waals surface area contributed by atoms with Crippen molar-refractivity contribution in [1.82, 2.24) is 4.57 Å². The SMILES string of the molecule is CC(C)n1cc(Br)cc1C(=O)Nc1cc(Cl)c(F)c(Cl)c1. The standard InChI is InChI=1S/C14H12BrCl2FN2O/c1-7(2)20-6-8(15)3-12(20)14(21)19-9-4-10(16)13(18)11(17)5-9/h3-7H,1-2H3,(H,19,21). The molecule has 0 fully saturated rings. The Morgan fingerprint density at radius 1 is 1.29 bits per heavy atom. The van der Waals surface area contributed by atoms with Gasteiger partial charge in [0.2, 0.25) is 0 Å². The minimum Gasteiger partial charge on any atom is -0.340 e. The molecule has 1 amide bonds. The van der Waals surface area contributed by atoms with E-state index in [0.717, 1.165) is 4.47 Å². The molecule has 0 aliphatic heterocycles. The Bertz CT molecular complexity index is 677. The number of nitrogens with one attached hydrogen (secondary N) is 1. The van der Waals surface area contributed by atoms with Crippen LogP contribution in [0, 0.1) is 5.82 Å². The summed E-state index contributed by atoms with van der Waals surface area (Å²) in [5.41, 5.74) is 0.817.